The number of ketones is 1. The maximum atomic E-state index is 13.1. The Morgan fingerprint density at radius 3 is 2.53 bits per heavy atom. The van der Waals surface area contributed by atoms with E-state index in [1.165, 1.54) is 12.5 Å². The van der Waals surface area contributed by atoms with Gasteiger partial charge in [-0.05, 0) is 18.2 Å². The number of Topliss-reactive ketones (excluding diaryl/α,β-unsaturated/α-hetero) is 1. The molecular weight excluding hydrogens is 566 g/mol. The summed E-state index contributed by atoms with van der Waals surface area (Å²) in [7, 11) is 0. The Kier molecular flexibility index (Phi) is 8.19. The highest BCUT2D eigenvalue weighted by molar-refractivity contribution is 7.13. The third-order valence-corrected chi connectivity index (χ3v) is 6.95. The van der Waals surface area contributed by atoms with E-state index in [1.54, 1.807) is 31.5 Å². The number of pyridine rings is 2. The van der Waals surface area contributed by atoms with Gasteiger partial charge in [-0.2, -0.15) is 13.2 Å². The summed E-state index contributed by atoms with van der Waals surface area (Å²) in [5.41, 5.74) is -0.428. The molecule has 2 N–H and O–H groups in total. The van der Waals surface area contributed by atoms with E-state index >= 15 is 0 Å². The van der Waals surface area contributed by atoms with Crippen LogP contribution in [0.3, 0.4) is 0 Å². The summed E-state index contributed by atoms with van der Waals surface area (Å²) >= 11 is 12.9. The third kappa shape index (κ3) is 6.41. The summed E-state index contributed by atoms with van der Waals surface area (Å²) in [5.74, 6) is -1.56. The van der Waals surface area contributed by atoms with Crippen LogP contribution in [0.4, 0.5) is 30.5 Å². The monoisotopic (exact) mass is 581 g/mol. The molecule has 0 unspecified atom stereocenters. The second kappa shape index (κ2) is 11.4. The van der Waals surface area contributed by atoms with Gasteiger partial charge in [-0.1, -0.05) is 30.1 Å². The molecule has 15 heteroatoms. The normalized spacial score (nSPS) is 12.2. The molecule has 0 fully saturated rings. The molecule has 0 saturated carbocycles. The van der Waals surface area contributed by atoms with Gasteiger partial charge in [-0.25, -0.2) is 19.9 Å². The zero-order valence-corrected chi connectivity index (χ0v) is 21.6. The average Bonchev–Trinajstić information content (AvgIpc) is 3.37. The number of amides is 1. The van der Waals surface area contributed by atoms with E-state index in [2.05, 4.69) is 35.6 Å². The highest BCUT2D eigenvalue weighted by Crippen LogP contribution is 2.35. The fourth-order valence-corrected chi connectivity index (χ4v) is 4.53. The number of nitrogens with one attached hydrogen (secondary N) is 2. The first-order valence-corrected chi connectivity index (χ1v) is 12.3. The van der Waals surface area contributed by atoms with Crippen molar-refractivity contribution in [2.45, 2.75) is 25.4 Å². The van der Waals surface area contributed by atoms with Crippen molar-refractivity contribution in [1.82, 2.24) is 24.9 Å². The van der Waals surface area contributed by atoms with Crippen molar-refractivity contribution in [2.75, 3.05) is 10.6 Å². The van der Waals surface area contributed by atoms with Crippen LogP contribution in [0.15, 0.2) is 49.3 Å². The van der Waals surface area contributed by atoms with Crippen LogP contribution in [0.1, 0.15) is 50.0 Å². The molecule has 196 valence electrons. The molecule has 0 aliphatic rings. The van der Waals surface area contributed by atoms with Crippen molar-refractivity contribution in [2.24, 2.45) is 0 Å². The number of alkyl halides is 3. The molecule has 38 heavy (non-hydrogen) atoms. The summed E-state index contributed by atoms with van der Waals surface area (Å²) in [6.07, 6.45) is 1.73. The van der Waals surface area contributed by atoms with Crippen molar-refractivity contribution in [3.05, 3.63) is 80.5 Å². The number of anilines is 3. The number of carbonyl (C=O) groups excluding carboxylic acids is 2. The Morgan fingerprint density at radius 1 is 1.08 bits per heavy atom. The van der Waals surface area contributed by atoms with Gasteiger partial charge in [-0.15, -0.1) is 11.3 Å². The third-order valence-electron chi connectivity index (χ3n) is 5.06. The van der Waals surface area contributed by atoms with Gasteiger partial charge in [-0.3, -0.25) is 14.6 Å². The van der Waals surface area contributed by atoms with Gasteiger partial charge in [0.15, 0.2) is 11.6 Å². The molecule has 4 aromatic rings. The minimum absolute atomic E-state index is 0.0202. The fraction of sp³-hybridized carbons (Fsp3) is 0.174. The van der Waals surface area contributed by atoms with Crippen LogP contribution in [0.2, 0.25) is 10.0 Å². The van der Waals surface area contributed by atoms with Crippen molar-refractivity contribution in [1.29, 1.82) is 0 Å². The second-order valence-corrected chi connectivity index (χ2v) is 9.69. The molecule has 0 radical (unpaired) electrons. The quantitative estimate of drug-likeness (QED) is 0.228. The minimum atomic E-state index is -4.71. The van der Waals surface area contributed by atoms with E-state index in [9.17, 15) is 22.8 Å². The van der Waals surface area contributed by atoms with Gasteiger partial charge < -0.3 is 10.6 Å². The molecule has 9 nitrogen and oxygen atoms in total. The SMILES string of the molecule is C[C@H](CC(=O)c1ncnc(Nc2ccncc2)c1Cl)c1ncc(C(=O)Nc2cc(C(F)(F)F)c(Cl)cn2)s1. The molecule has 0 aliphatic carbocycles. The van der Waals surface area contributed by atoms with Gasteiger partial charge in [0, 0.05) is 36.6 Å². The Hall–Kier alpha value is -3.68. The van der Waals surface area contributed by atoms with E-state index in [4.69, 9.17) is 23.2 Å². The average molecular weight is 582 g/mol. The number of halogens is 5. The minimum Gasteiger partial charge on any atom is -0.339 e. The fourth-order valence-electron chi connectivity index (χ4n) is 3.21. The van der Waals surface area contributed by atoms with Crippen molar-refractivity contribution in [3.8, 4) is 0 Å². The highest BCUT2D eigenvalue weighted by Gasteiger charge is 2.34. The summed E-state index contributed by atoms with van der Waals surface area (Å²) in [5, 5.41) is 5.23. The summed E-state index contributed by atoms with van der Waals surface area (Å²) in [6.45, 7) is 1.74. The van der Waals surface area contributed by atoms with E-state index in [-0.39, 0.29) is 39.4 Å². The lowest BCUT2D eigenvalue weighted by atomic mass is 10.0. The molecule has 4 heterocycles. The molecule has 0 aliphatic heterocycles. The zero-order chi connectivity index (χ0) is 27.4. The molecule has 0 spiro atoms. The molecule has 0 aromatic carbocycles. The maximum absolute atomic E-state index is 13.1. The lowest BCUT2D eigenvalue weighted by molar-refractivity contribution is -0.137. The largest absolute Gasteiger partial charge is 0.418 e. The summed E-state index contributed by atoms with van der Waals surface area (Å²) < 4.78 is 39.2. The van der Waals surface area contributed by atoms with Crippen molar-refractivity contribution < 1.29 is 22.8 Å². The predicted molar refractivity (Wildman–Crippen MR) is 136 cm³/mol. The Bertz CT molecular complexity index is 1490. The molecule has 1 amide bonds. The number of thiazole rings is 1. The first kappa shape index (κ1) is 27.4. The van der Waals surface area contributed by atoms with Gasteiger partial charge >= 0.3 is 6.18 Å². The number of carbonyl (C=O) groups is 2. The molecule has 1 atom stereocenters. The molecule has 4 rings (SSSR count). The Morgan fingerprint density at radius 2 is 1.82 bits per heavy atom. The summed E-state index contributed by atoms with van der Waals surface area (Å²) in [6, 6.07) is 4.06. The molecule has 4 aromatic heterocycles. The second-order valence-electron chi connectivity index (χ2n) is 7.84. The maximum Gasteiger partial charge on any atom is 0.418 e. The van der Waals surface area contributed by atoms with Crippen molar-refractivity contribution >= 4 is 63.6 Å². The van der Waals surface area contributed by atoms with Crippen LogP contribution < -0.4 is 10.6 Å². The van der Waals surface area contributed by atoms with Crippen LogP contribution in [-0.4, -0.2) is 36.6 Å². The first-order chi connectivity index (χ1) is 18.0. The number of hydrogen-bond acceptors (Lipinski definition) is 9. The Labute approximate surface area is 227 Å². The van der Waals surface area contributed by atoms with E-state index < -0.39 is 28.6 Å². The van der Waals surface area contributed by atoms with Crippen LogP contribution in [-0.2, 0) is 6.18 Å². The summed E-state index contributed by atoms with van der Waals surface area (Å²) in [4.78, 5) is 45.6. The van der Waals surface area contributed by atoms with Gasteiger partial charge in [0.2, 0.25) is 0 Å². The Balaban J connectivity index is 1.43. The highest BCUT2D eigenvalue weighted by atomic mass is 35.5. The van der Waals surface area contributed by atoms with Crippen LogP contribution in [0.25, 0.3) is 0 Å². The van der Waals surface area contributed by atoms with Crippen molar-refractivity contribution in [3.63, 3.8) is 0 Å². The number of rotatable bonds is 8. The standard InChI is InChI=1S/C23H16Cl2F3N7O2S/c1-11(6-15(36)19-18(25)20(33-10-32-19)34-12-2-4-29-5-3-12)22-31-9-16(38-22)21(37)35-17-7-13(23(26,27)28)14(24)8-30-17/h2-5,7-11H,6H2,1H3,(H,30,35,37)(H,29,32,33,34)/t11-/m1/s1. The predicted octanol–water partition coefficient (Wildman–Crippen LogP) is 6.42. The molecular formula is C23H16Cl2F3N7O2S. The first-order valence-electron chi connectivity index (χ1n) is 10.7. The van der Waals surface area contributed by atoms with Gasteiger partial charge in [0.1, 0.15) is 27.7 Å². The lowest BCUT2D eigenvalue weighted by Gasteiger charge is -2.11. The van der Waals surface area contributed by atoms with Crippen LogP contribution >= 0.6 is 34.5 Å². The van der Waals surface area contributed by atoms with Gasteiger partial charge in [0.05, 0.1) is 21.8 Å². The van der Waals surface area contributed by atoms with Crippen LogP contribution in [0.5, 0.6) is 0 Å². The van der Waals surface area contributed by atoms with E-state index in [1.807, 2.05) is 0 Å². The van der Waals surface area contributed by atoms with Crippen LogP contribution in [0, 0.1) is 0 Å². The number of hydrogen-bond donors (Lipinski definition) is 2. The van der Waals surface area contributed by atoms with E-state index in [0.29, 0.717) is 16.8 Å². The smallest absolute Gasteiger partial charge is 0.339 e. The topological polar surface area (TPSA) is 123 Å². The molecule has 0 bridgehead atoms. The van der Waals surface area contributed by atoms with E-state index in [0.717, 1.165) is 17.5 Å². The number of aromatic nitrogens is 5. The number of nitrogens with zero attached hydrogens (tertiary/aromatic N) is 5. The zero-order valence-electron chi connectivity index (χ0n) is 19.3. The molecule has 0 saturated heterocycles. The lowest BCUT2D eigenvalue weighted by Crippen LogP contribution is -2.13. The van der Waals surface area contributed by atoms with Gasteiger partial charge in [0.25, 0.3) is 5.91 Å².